The molecule has 0 fully saturated rings. The van der Waals surface area contributed by atoms with Gasteiger partial charge in [-0.3, -0.25) is 19.7 Å². The van der Waals surface area contributed by atoms with Gasteiger partial charge in [0.2, 0.25) is 0 Å². The van der Waals surface area contributed by atoms with Crippen LogP contribution in [-0.4, -0.2) is 29.3 Å². The van der Waals surface area contributed by atoms with Crippen LogP contribution in [0.4, 0.5) is 30.2 Å². The average molecular weight is 493 g/mol. The van der Waals surface area contributed by atoms with E-state index in [1.165, 1.54) is 35.6 Å². The van der Waals surface area contributed by atoms with E-state index in [4.69, 9.17) is 4.74 Å². The van der Waals surface area contributed by atoms with Crippen molar-refractivity contribution < 1.29 is 37.2 Å². The minimum absolute atomic E-state index is 0.0354. The van der Waals surface area contributed by atoms with Crippen molar-refractivity contribution in [3.63, 3.8) is 0 Å². The molecule has 0 aliphatic rings. The maximum absolute atomic E-state index is 13.2. The number of rotatable bonds is 7. The highest BCUT2D eigenvalue weighted by atomic mass is 32.1. The molecule has 0 saturated heterocycles. The molecule has 0 radical (unpaired) electrons. The van der Waals surface area contributed by atoms with Gasteiger partial charge in [-0.2, -0.15) is 13.2 Å². The van der Waals surface area contributed by atoms with Gasteiger partial charge in [0.15, 0.2) is 6.61 Å². The van der Waals surface area contributed by atoms with Crippen LogP contribution >= 0.6 is 11.3 Å². The molecule has 3 rings (SSSR count). The first kappa shape index (κ1) is 24.4. The first-order valence-electron chi connectivity index (χ1n) is 9.32. The van der Waals surface area contributed by atoms with Gasteiger partial charge in [-0.05, 0) is 41.8 Å². The van der Waals surface area contributed by atoms with E-state index in [1.807, 2.05) is 5.32 Å². The Bertz CT molecular complexity index is 1230. The number of hydrogen-bond donors (Lipinski definition) is 2. The van der Waals surface area contributed by atoms with E-state index < -0.39 is 46.5 Å². The van der Waals surface area contributed by atoms with Crippen LogP contribution in [0.25, 0.3) is 0 Å². The van der Waals surface area contributed by atoms with Crippen LogP contribution in [0.15, 0.2) is 60.0 Å². The third-order valence-electron chi connectivity index (χ3n) is 4.25. The second-order valence-electron chi connectivity index (χ2n) is 6.62. The molecule has 3 aromatic rings. The van der Waals surface area contributed by atoms with Crippen LogP contribution in [0.3, 0.4) is 0 Å². The van der Waals surface area contributed by atoms with E-state index in [1.54, 1.807) is 17.5 Å². The summed E-state index contributed by atoms with van der Waals surface area (Å²) in [5.41, 5.74) is -2.49. The Morgan fingerprint density at radius 3 is 2.32 bits per heavy atom. The Labute approximate surface area is 193 Å². The number of hydrogen-bond acceptors (Lipinski definition) is 7. The Morgan fingerprint density at radius 2 is 1.74 bits per heavy atom. The van der Waals surface area contributed by atoms with Gasteiger partial charge in [-0.1, -0.05) is 6.07 Å². The molecule has 2 N–H and O–H groups in total. The highest BCUT2D eigenvalue weighted by Gasteiger charge is 2.35. The Hall–Kier alpha value is -4.26. The number of non-ortho nitro benzene ring substituents is 1. The van der Waals surface area contributed by atoms with Crippen molar-refractivity contribution >= 4 is 46.2 Å². The van der Waals surface area contributed by atoms with E-state index >= 15 is 0 Å². The number of anilines is 2. The summed E-state index contributed by atoms with van der Waals surface area (Å²) in [4.78, 5) is 46.4. The molecule has 34 heavy (non-hydrogen) atoms. The molecule has 2 aromatic carbocycles. The van der Waals surface area contributed by atoms with Crippen molar-refractivity contribution in [2.75, 3.05) is 17.2 Å². The van der Waals surface area contributed by atoms with Crippen LogP contribution in [0.5, 0.6) is 0 Å². The molecule has 0 atom stereocenters. The van der Waals surface area contributed by atoms with Gasteiger partial charge in [-0.15, -0.1) is 11.3 Å². The quantitative estimate of drug-likeness (QED) is 0.278. The molecule has 13 heteroatoms. The smallest absolute Gasteiger partial charge is 0.418 e. The van der Waals surface area contributed by atoms with Crippen LogP contribution in [-0.2, 0) is 15.7 Å². The highest BCUT2D eigenvalue weighted by Crippen LogP contribution is 2.37. The number of carbonyl (C=O) groups is 3. The third kappa shape index (κ3) is 6.16. The molecule has 0 spiro atoms. The summed E-state index contributed by atoms with van der Waals surface area (Å²) in [7, 11) is 0. The predicted octanol–water partition coefficient (Wildman–Crippen LogP) is 4.72. The highest BCUT2D eigenvalue weighted by molar-refractivity contribution is 7.12. The summed E-state index contributed by atoms with van der Waals surface area (Å²) < 4.78 is 44.4. The second-order valence-corrected chi connectivity index (χ2v) is 7.57. The average Bonchev–Trinajstić information content (AvgIpc) is 3.32. The van der Waals surface area contributed by atoms with Gasteiger partial charge in [-0.25, -0.2) is 4.79 Å². The van der Waals surface area contributed by atoms with E-state index in [-0.39, 0.29) is 11.5 Å². The van der Waals surface area contributed by atoms with E-state index in [2.05, 4.69) is 5.32 Å². The van der Waals surface area contributed by atoms with Crippen LogP contribution in [0.2, 0.25) is 0 Å². The lowest BCUT2D eigenvalue weighted by Gasteiger charge is -2.13. The zero-order valence-electron chi connectivity index (χ0n) is 16.9. The SMILES string of the molecule is O=C(COC(=O)c1ccc(NC(=O)c2cccs2)cc1)Nc1ccc([N+](=O)[O-])cc1C(F)(F)F. The third-order valence-corrected chi connectivity index (χ3v) is 5.12. The van der Waals surface area contributed by atoms with E-state index in [0.29, 0.717) is 16.6 Å². The zero-order valence-corrected chi connectivity index (χ0v) is 17.7. The van der Waals surface area contributed by atoms with Crippen molar-refractivity contribution in [3.8, 4) is 0 Å². The van der Waals surface area contributed by atoms with Gasteiger partial charge in [0.1, 0.15) is 0 Å². The fourth-order valence-electron chi connectivity index (χ4n) is 2.68. The van der Waals surface area contributed by atoms with Crippen molar-refractivity contribution in [2.24, 2.45) is 0 Å². The molecule has 0 saturated carbocycles. The number of benzene rings is 2. The van der Waals surface area contributed by atoms with E-state index in [9.17, 15) is 37.7 Å². The Balaban J connectivity index is 1.58. The number of ether oxygens (including phenoxy) is 1. The zero-order chi connectivity index (χ0) is 24.9. The molecular formula is C21H14F3N3O6S. The van der Waals surface area contributed by atoms with Crippen LogP contribution < -0.4 is 10.6 Å². The summed E-state index contributed by atoms with van der Waals surface area (Å²) in [6, 6.07) is 10.7. The first-order valence-corrected chi connectivity index (χ1v) is 10.2. The molecule has 0 bridgehead atoms. The molecule has 1 aromatic heterocycles. The van der Waals surface area contributed by atoms with Crippen molar-refractivity contribution in [1.29, 1.82) is 0 Å². The Morgan fingerprint density at radius 1 is 1.03 bits per heavy atom. The molecular weight excluding hydrogens is 479 g/mol. The maximum atomic E-state index is 13.2. The molecule has 176 valence electrons. The van der Waals surface area contributed by atoms with Crippen LogP contribution in [0.1, 0.15) is 25.6 Å². The second kappa shape index (κ2) is 10.1. The number of alkyl halides is 3. The topological polar surface area (TPSA) is 128 Å². The summed E-state index contributed by atoms with van der Waals surface area (Å²) in [6.07, 6.45) is -4.97. The fraction of sp³-hybridized carbons (Fsp3) is 0.0952. The normalized spacial score (nSPS) is 10.9. The number of carbonyl (C=O) groups excluding carboxylic acids is 3. The first-order chi connectivity index (χ1) is 16.0. The number of esters is 1. The Kier molecular flexibility index (Phi) is 7.26. The monoisotopic (exact) mass is 493 g/mol. The maximum Gasteiger partial charge on any atom is 0.418 e. The standard InChI is InChI=1S/C21H14F3N3O6S/c22-21(23,24)15-10-14(27(31)32)7-8-16(15)26-18(28)11-33-20(30)12-3-5-13(6-4-12)25-19(29)17-2-1-9-34-17/h1-10H,11H2,(H,25,29)(H,26,28). The number of amides is 2. The minimum Gasteiger partial charge on any atom is -0.452 e. The number of nitrogens with zero attached hydrogens (tertiary/aromatic N) is 1. The van der Waals surface area contributed by atoms with Gasteiger partial charge in [0.05, 0.1) is 26.6 Å². The van der Waals surface area contributed by atoms with Gasteiger partial charge < -0.3 is 15.4 Å². The van der Waals surface area contributed by atoms with Gasteiger partial charge in [0, 0.05) is 17.8 Å². The molecule has 2 amide bonds. The fourth-order valence-corrected chi connectivity index (χ4v) is 3.30. The summed E-state index contributed by atoms with van der Waals surface area (Å²) in [5.74, 6) is -2.33. The lowest BCUT2D eigenvalue weighted by Crippen LogP contribution is -2.23. The molecule has 0 unspecified atom stereocenters. The summed E-state index contributed by atoms with van der Waals surface area (Å²) in [5, 5.41) is 17.0. The van der Waals surface area contributed by atoms with Crippen molar-refractivity contribution in [3.05, 3.63) is 86.1 Å². The number of thiophene rings is 1. The van der Waals surface area contributed by atoms with Crippen molar-refractivity contribution in [1.82, 2.24) is 0 Å². The predicted molar refractivity (Wildman–Crippen MR) is 116 cm³/mol. The van der Waals surface area contributed by atoms with Crippen LogP contribution in [0, 0.1) is 10.1 Å². The molecule has 9 nitrogen and oxygen atoms in total. The number of nitro benzene ring substituents is 1. The number of halogens is 3. The lowest BCUT2D eigenvalue weighted by atomic mass is 10.1. The summed E-state index contributed by atoms with van der Waals surface area (Å²) in [6.45, 7) is -0.899. The largest absolute Gasteiger partial charge is 0.452 e. The van der Waals surface area contributed by atoms with Gasteiger partial charge >= 0.3 is 12.1 Å². The lowest BCUT2D eigenvalue weighted by molar-refractivity contribution is -0.385. The minimum atomic E-state index is -4.97. The van der Waals surface area contributed by atoms with E-state index in [0.717, 1.165) is 12.1 Å². The number of nitrogens with one attached hydrogen (secondary N) is 2. The molecule has 0 aliphatic heterocycles. The molecule has 1 heterocycles. The van der Waals surface area contributed by atoms with Crippen molar-refractivity contribution in [2.45, 2.75) is 6.18 Å². The summed E-state index contributed by atoms with van der Waals surface area (Å²) >= 11 is 1.26. The number of nitro groups is 1. The van der Waals surface area contributed by atoms with Gasteiger partial charge in [0.25, 0.3) is 17.5 Å². The molecule has 0 aliphatic carbocycles.